The first kappa shape index (κ1) is 11.2. The van der Waals surface area contributed by atoms with Crippen LogP contribution in [0.4, 0.5) is 5.69 Å². The number of para-hydroxylation sites is 1. The molecule has 0 saturated heterocycles. The second kappa shape index (κ2) is 4.28. The molecule has 1 aliphatic heterocycles. The number of carbonyl (C=O) groups is 1. The third-order valence-corrected chi connectivity index (χ3v) is 3.69. The molecule has 2 heteroatoms. The van der Waals surface area contributed by atoms with Crippen molar-refractivity contribution in [2.24, 2.45) is 5.92 Å². The summed E-state index contributed by atoms with van der Waals surface area (Å²) in [4.78, 5) is 12.0. The molecule has 0 aromatic heterocycles. The van der Waals surface area contributed by atoms with Gasteiger partial charge in [0.05, 0.1) is 5.92 Å². The number of benzene rings is 1. The molecule has 1 unspecified atom stereocenters. The average molecular weight is 217 g/mol. The van der Waals surface area contributed by atoms with Gasteiger partial charge in [0.25, 0.3) is 0 Å². The van der Waals surface area contributed by atoms with Gasteiger partial charge in [0.2, 0.25) is 5.91 Å². The monoisotopic (exact) mass is 217 g/mol. The van der Waals surface area contributed by atoms with Crippen molar-refractivity contribution in [1.29, 1.82) is 0 Å². The van der Waals surface area contributed by atoms with Gasteiger partial charge in [0.1, 0.15) is 0 Å². The molecule has 0 bridgehead atoms. The Hall–Kier alpha value is -1.31. The van der Waals surface area contributed by atoms with Gasteiger partial charge in [0, 0.05) is 5.69 Å². The minimum Gasteiger partial charge on any atom is -0.325 e. The maximum atomic E-state index is 12.0. The van der Waals surface area contributed by atoms with Crippen LogP contribution in [0, 0.1) is 12.8 Å². The van der Waals surface area contributed by atoms with Gasteiger partial charge >= 0.3 is 0 Å². The molecule has 1 aromatic carbocycles. The number of nitrogens with one attached hydrogen (secondary N) is 1. The fraction of sp³-hybridized carbons (Fsp3) is 0.500. The smallest absolute Gasteiger partial charge is 0.232 e. The highest BCUT2D eigenvalue weighted by atomic mass is 16.2. The molecule has 0 fully saturated rings. The maximum Gasteiger partial charge on any atom is 0.232 e. The highest BCUT2D eigenvalue weighted by molar-refractivity contribution is 6.03. The van der Waals surface area contributed by atoms with Gasteiger partial charge in [-0.15, -0.1) is 0 Å². The summed E-state index contributed by atoms with van der Waals surface area (Å²) in [5.74, 6) is 0.700. The number of fused-ring (bicyclic) bond motifs is 1. The number of rotatable bonds is 3. The molecular weight excluding hydrogens is 198 g/mol. The van der Waals surface area contributed by atoms with E-state index in [0.29, 0.717) is 5.92 Å². The molecule has 0 radical (unpaired) electrons. The molecule has 1 amide bonds. The second-order valence-corrected chi connectivity index (χ2v) is 4.58. The lowest BCUT2D eigenvalue weighted by molar-refractivity contribution is -0.118. The molecule has 1 aromatic rings. The van der Waals surface area contributed by atoms with Gasteiger partial charge in [-0.2, -0.15) is 0 Å². The molecule has 0 saturated carbocycles. The van der Waals surface area contributed by atoms with Gasteiger partial charge in [0.15, 0.2) is 0 Å². The molecule has 1 heterocycles. The van der Waals surface area contributed by atoms with Gasteiger partial charge in [-0.25, -0.2) is 0 Å². The highest BCUT2D eigenvalue weighted by Gasteiger charge is 2.35. The van der Waals surface area contributed by atoms with Crippen LogP contribution in [-0.2, 0) is 4.79 Å². The Kier molecular flexibility index (Phi) is 2.99. The van der Waals surface area contributed by atoms with Gasteiger partial charge < -0.3 is 5.32 Å². The lowest BCUT2D eigenvalue weighted by Crippen LogP contribution is -2.20. The Morgan fingerprint density at radius 3 is 2.62 bits per heavy atom. The molecule has 86 valence electrons. The standard InChI is InChI=1S/C14H19NO/c1-4-10(5-2)12-11-8-6-7-9(3)13(11)15-14(12)16/h6-8,10,12H,4-5H2,1-3H3,(H,15,16). The lowest BCUT2D eigenvalue weighted by Gasteiger charge is -2.19. The Morgan fingerprint density at radius 1 is 1.31 bits per heavy atom. The zero-order valence-electron chi connectivity index (χ0n) is 10.2. The van der Waals surface area contributed by atoms with E-state index in [-0.39, 0.29) is 11.8 Å². The fourth-order valence-corrected chi connectivity index (χ4v) is 2.69. The number of anilines is 1. The summed E-state index contributed by atoms with van der Waals surface area (Å²) >= 11 is 0. The van der Waals surface area contributed by atoms with Crippen molar-refractivity contribution >= 4 is 11.6 Å². The topological polar surface area (TPSA) is 29.1 Å². The Labute approximate surface area is 97.1 Å². The normalized spacial score (nSPS) is 18.8. The largest absolute Gasteiger partial charge is 0.325 e. The summed E-state index contributed by atoms with van der Waals surface area (Å²) in [5.41, 5.74) is 3.41. The molecule has 1 N–H and O–H groups in total. The number of carbonyl (C=O) groups excluding carboxylic acids is 1. The van der Waals surface area contributed by atoms with Crippen molar-refractivity contribution < 1.29 is 4.79 Å². The van der Waals surface area contributed by atoms with E-state index in [4.69, 9.17) is 0 Å². The van der Waals surface area contributed by atoms with Crippen LogP contribution in [0.5, 0.6) is 0 Å². The van der Waals surface area contributed by atoms with Gasteiger partial charge in [-0.05, 0) is 24.0 Å². The molecule has 1 atom stereocenters. The summed E-state index contributed by atoms with van der Waals surface area (Å²) in [7, 11) is 0. The van der Waals surface area contributed by atoms with E-state index in [9.17, 15) is 4.79 Å². The third kappa shape index (κ3) is 1.62. The first-order valence-corrected chi connectivity index (χ1v) is 6.09. The van der Waals surface area contributed by atoms with Gasteiger partial charge in [-0.1, -0.05) is 44.9 Å². The van der Waals surface area contributed by atoms with Crippen molar-refractivity contribution in [3.05, 3.63) is 29.3 Å². The van der Waals surface area contributed by atoms with Crippen molar-refractivity contribution in [3.63, 3.8) is 0 Å². The minimum absolute atomic E-state index is 0.0601. The molecular formula is C14H19NO. The quantitative estimate of drug-likeness (QED) is 0.825. The number of amides is 1. The Morgan fingerprint density at radius 2 is 2.00 bits per heavy atom. The molecule has 16 heavy (non-hydrogen) atoms. The second-order valence-electron chi connectivity index (χ2n) is 4.58. The van der Waals surface area contributed by atoms with Crippen molar-refractivity contribution in [3.8, 4) is 0 Å². The zero-order valence-corrected chi connectivity index (χ0v) is 10.2. The van der Waals surface area contributed by atoms with E-state index in [2.05, 4.69) is 25.2 Å². The minimum atomic E-state index is 0.0601. The highest BCUT2D eigenvalue weighted by Crippen LogP contribution is 2.41. The summed E-state index contributed by atoms with van der Waals surface area (Å²) in [6, 6.07) is 6.18. The van der Waals surface area contributed by atoms with Gasteiger partial charge in [-0.3, -0.25) is 4.79 Å². The number of hydrogen-bond acceptors (Lipinski definition) is 1. The summed E-state index contributed by atoms with van der Waals surface area (Å²) in [5, 5.41) is 3.03. The average Bonchev–Trinajstić information content (AvgIpc) is 2.60. The molecule has 2 nitrogen and oxygen atoms in total. The van der Waals surface area contributed by atoms with Crippen LogP contribution in [0.25, 0.3) is 0 Å². The number of aryl methyl sites for hydroxylation is 1. The van der Waals surface area contributed by atoms with Crippen molar-refractivity contribution in [2.75, 3.05) is 5.32 Å². The Balaban J connectivity index is 2.43. The zero-order chi connectivity index (χ0) is 11.7. The number of hydrogen-bond donors (Lipinski definition) is 1. The maximum absolute atomic E-state index is 12.0. The third-order valence-electron chi connectivity index (χ3n) is 3.69. The molecule has 1 aliphatic rings. The SMILES string of the molecule is CCC(CC)C1C(=O)Nc2c(C)cccc21. The van der Waals surface area contributed by atoms with E-state index in [1.807, 2.05) is 19.1 Å². The Bertz CT molecular complexity index is 407. The fourth-order valence-electron chi connectivity index (χ4n) is 2.69. The summed E-state index contributed by atoms with van der Waals surface area (Å²) in [6.07, 6.45) is 2.12. The summed E-state index contributed by atoms with van der Waals surface area (Å²) < 4.78 is 0. The molecule has 0 aliphatic carbocycles. The predicted molar refractivity (Wildman–Crippen MR) is 66.6 cm³/mol. The summed E-state index contributed by atoms with van der Waals surface area (Å²) in [6.45, 7) is 6.37. The lowest BCUT2D eigenvalue weighted by atomic mass is 9.83. The first-order chi connectivity index (χ1) is 7.69. The van der Waals surface area contributed by atoms with Crippen LogP contribution in [0.1, 0.15) is 43.7 Å². The van der Waals surface area contributed by atoms with Crippen LogP contribution in [0.3, 0.4) is 0 Å². The van der Waals surface area contributed by atoms with E-state index >= 15 is 0 Å². The van der Waals surface area contributed by atoms with E-state index in [1.165, 1.54) is 11.1 Å². The van der Waals surface area contributed by atoms with E-state index < -0.39 is 0 Å². The first-order valence-electron chi connectivity index (χ1n) is 6.09. The van der Waals surface area contributed by atoms with Crippen molar-refractivity contribution in [1.82, 2.24) is 0 Å². The van der Waals surface area contributed by atoms with E-state index in [0.717, 1.165) is 18.5 Å². The van der Waals surface area contributed by atoms with Crippen LogP contribution in [0.15, 0.2) is 18.2 Å². The molecule has 2 rings (SSSR count). The van der Waals surface area contributed by atoms with Crippen LogP contribution < -0.4 is 5.32 Å². The van der Waals surface area contributed by atoms with Crippen molar-refractivity contribution in [2.45, 2.75) is 39.5 Å². The van der Waals surface area contributed by atoms with Crippen LogP contribution in [-0.4, -0.2) is 5.91 Å². The van der Waals surface area contributed by atoms with Crippen LogP contribution >= 0.6 is 0 Å². The molecule has 0 spiro atoms. The van der Waals surface area contributed by atoms with E-state index in [1.54, 1.807) is 0 Å². The predicted octanol–water partition coefficient (Wildman–Crippen LogP) is 3.47. The van der Waals surface area contributed by atoms with Crippen LogP contribution in [0.2, 0.25) is 0 Å².